The first kappa shape index (κ1) is 27.0. The molecule has 5 nitrogen and oxygen atoms in total. The molecule has 0 saturated heterocycles. The highest BCUT2D eigenvalue weighted by atomic mass is 35.5. The summed E-state index contributed by atoms with van der Waals surface area (Å²) in [5.41, 5.74) is 4.85. The Morgan fingerprint density at radius 2 is 1.53 bits per heavy atom. The Labute approximate surface area is 233 Å². The minimum absolute atomic E-state index is 0.0333. The van der Waals surface area contributed by atoms with Crippen LogP contribution in [0.25, 0.3) is 0 Å². The van der Waals surface area contributed by atoms with Crippen LogP contribution in [-0.2, 0) is 4.79 Å². The monoisotopic (exact) mass is 611 g/mol. The Bertz CT molecular complexity index is 1400. The van der Waals surface area contributed by atoms with Gasteiger partial charge in [0.2, 0.25) is 5.91 Å². The van der Waals surface area contributed by atoms with Gasteiger partial charge in [0, 0.05) is 11.6 Å². The van der Waals surface area contributed by atoms with Crippen LogP contribution >= 0.6 is 69.6 Å². The molecule has 1 aliphatic carbocycles. The van der Waals surface area contributed by atoms with Gasteiger partial charge < -0.3 is 16.4 Å². The van der Waals surface area contributed by atoms with Crippen LogP contribution in [-0.4, -0.2) is 16.1 Å². The predicted octanol–water partition coefficient (Wildman–Crippen LogP) is 7.94. The van der Waals surface area contributed by atoms with Crippen molar-refractivity contribution in [3.63, 3.8) is 0 Å². The normalized spacial score (nSPS) is 18.0. The van der Waals surface area contributed by atoms with Gasteiger partial charge in [-0.3, -0.25) is 9.59 Å². The molecular weight excluding hydrogens is 601 g/mol. The topological polar surface area (TPSA) is 84.2 Å². The number of hydrogen-bond donors (Lipinski definition) is 3. The number of nitrogens with two attached hydrogens (primary N) is 1. The first-order valence-corrected chi connectivity index (χ1v) is 12.3. The zero-order valence-corrected chi connectivity index (χ0v) is 22.1. The molecule has 0 spiro atoms. The number of carbonyl (C=O) groups excluding carboxylic acids is 2. The Hall–Kier alpha value is -2.00. The third-order valence-electron chi connectivity index (χ3n) is 5.54. The number of amides is 2. The molecule has 0 aliphatic heterocycles. The predicted molar refractivity (Wildman–Crippen MR) is 141 cm³/mol. The number of nitrogens with one attached hydrogen (secondary N) is 2. The molecule has 4 rings (SSSR count). The van der Waals surface area contributed by atoms with E-state index in [1.165, 1.54) is 30.3 Å². The average molecular weight is 614 g/mol. The van der Waals surface area contributed by atoms with Crippen molar-refractivity contribution in [1.82, 2.24) is 0 Å². The van der Waals surface area contributed by atoms with Gasteiger partial charge in [0.25, 0.3) is 5.91 Å². The molecule has 4 N–H and O–H groups in total. The molecule has 13 heteroatoms. The van der Waals surface area contributed by atoms with Crippen LogP contribution in [0.4, 0.5) is 25.8 Å². The second kappa shape index (κ2) is 10.0. The summed E-state index contributed by atoms with van der Waals surface area (Å²) in [6, 6.07) is 8.96. The maximum atomic E-state index is 14.2. The zero-order valence-electron chi connectivity index (χ0n) is 17.6. The number of halogens is 8. The third-order valence-corrected chi connectivity index (χ3v) is 8.01. The number of rotatable bonds is 5. The Balaban J connectivity index is 1.54. The molecule has 0 radical (unpaired) electrons. The fourth-order valence-electron chi connectivity index (χ4n) is 3.68. The van der Waals surface area contributed by atoms with Gasteiger partial charge in [-0.1, -0.05) is 46.4 Å². The molecule has 2 atom stereocenters. The molecular formula is C23H13Cl6F2N3O2. The van der Waals surface area contributed by atoms with Crippen molar-refractivity contribution in [3.8, 4) is 0 Å². The van der Waals surface area contributed by atoms with Crippen LogP contribution in [0, 0.1) is 17.6 Å². The standard InChI is InChI=1S/C23H13Cl6F2N3O2/c24-11-2-1-9(7-10(11)21(35)34-20-14(30)3-4-15(32)19(20)31)33-22(36)17-16(23(17,28)29)8-5-12(25)18(27)13(26)6-8/h1-7,16-17H,32H2,(H,33,36)(H,34,35)/t16-,17?/m0/s1. The van der Waals surface area contributed by atoms with Crippen molar-refractivity contribution >= 4 is 98.5 Å². The fourth-order valence-corrected chi connectivity index (χ4v) is 5.33. The van der Waals surface area contributed by atoms with Crippen LogP contribution < -0.4 is 16.4 Å². The van der Waals surface area contributed by atoms with E-state index in [0.29, 0.717) is 5.56 Å². The van der Waals surface area contributed by atoms with E-state index in [4.69, 9.17) is 75.3 Å². The quantitative estimate of drug-likeness (QED) is 0.155. The highest BCUT2D eigenvalue weighted by Gasteiger charge is 2.67. The van der Waals surface area contributed by atoms with E-state index in [2.05, 4.69) is 10.6 Å². The van der Waals surface area contributed by atoms with Gasteiger partial charge in [-0.2, -0.15) is 0 Å². The minimum atomic E-state index is -1.46. The number of hydrogen-bond acceptors (Lipinski definition) is 3. The van der Waals surface area contributed by atoms with E-state index in [1.54, 1.807) is 0 Å². The van der Waals surface area contributed by atoms with Crippen molar-refractivity contribution in [2.24, 2.45) is 5.92 Å². The van der Waals surface area contributed by atoms with Gasteiger partial charge in [-0.25, -0.2) is 8.78 Å². The first-order valence-electron chi connectivity index (χ1n) is 10.0. The summed E-state index contributed by atoms with van der Waals surface area (Å²) in [7, 11) is 0. The van der Waals surface area contributed by atoms with Crippen LogP contribution in [0.5, 0.6) is 0 Å². The van der Waals surface area contributed by atoms with Crippen molar-refractivity contribution in [2.75, 3.05) is 16.4 Å². The molecule has 188 valence electrons. The molecule has 0 bridgehead atoms. The van der Waals surface area contributed by atoms with Crippen molar-refractivity contribution in [3.05, 3.63) is 85.3 Å². The molecule has 1 saturated carbocycles. The van der Waals surface area contributed by atoms with Crippen LogP contribution in [0.2, 0.25) is 20.1 Å². The molecule has 1 aliphatic rings. The van der Waals surface area contributed by atoms with E-state index >= 15 is 0 Å². The van der Waals surface area contributed by atoms with Gasteiger partial charge in [0.05, 0.1) is 37.3 Å². The second-order valence-corrected chi connectivity index (χ2v) is 10.9. The maximum absolute atomic E-state index is 14.2. The van der Waals surface area contributed by atoms with Gasteiger partial charge in [0.15, 0.2) is 5.82 Å². The Morgan fingerprint density at radius 1 is 0.889 bits per heavy atom. The number of benzene rings is 3. The first-order chi connectivity index (χ1) is 16.8. The van der Waals surface area contributed by atoms with Gasteiger partial charge >= 0.3 is 0 Å². The molecule has 0 heterocycles. The van der Waals surface area contributed by atoms with Crippen molar-refractivity contribution in [2.45, 2.75) is 10.3 Å². The van der Waals surface area contributed by atoms with Crippen molar-refractivity contribution < 1.29 is 18.4 Å². The summed E-state index contributed by atoms with van der Waals surface area (Å²) in [6.07, 6.45) is 0. The second-order valence-electron chi connectivity index (χ2n) is 7.89. The molecule has 3 aromatic rings. The molecule has 2 amide bonds. The lowest BCUT2D eigenvalue weighted by Crippen LogP contribution is -2.19. The van der Waals surface area contributed by atoms with Gasteiger partial charge in [0.1, 0.15) is 15.8 Å². The third kappa shape index (κ3) is 5.05. The summed E-state index contributed by atoms with van der Waals surface area (Å²) < 4.78 is 26.8. The summed E-state index contributed by atoms with van der Waals surface area (Å²) in [6.45, 7) is 0. The van der Waals surface area contributed by atoms with E-state index in [1.807, 2.05) is 0 Å². The highest BCUT2D eigenvalue weighted by Crippen LogP contribution is 2.65. The molecule has 1 fully saturated rings. The maximum Gasteiger partial charge on any atom is 0.257 e. The minimum Gasteiger partial charge on any atom is -0.396 e. The van der Waals surface area contributed by atoms with Gasteiger partial charge in [-0.15, -0.1) is 23.2 Å². The fraction of sp³-hybridized carbons (Fsp3) is 0.130. The Kier molecular flexibility index (Phi) is 7.55. The summed E-state index contributed by atoms with van der Waals surface area (Å²) in [5.74, 6) is -5.19. The number of carbonyl (C=O) groups is 2. The van der Waals surface area contributed by atoms with Gasteiger partial charge in [-0.05, 0) is 48.0 Å². The summed E-state index contributed by atoms with van der Waals surface area (Å²) >= 11 is 37.0. The lowest BCUT2D eigenvalue weighted by Gasteiger charge is -2.12. The van der Waals surface area contributed by atoms with Crippen LogP contribution in [0.3, 0.4) is 0 Å². The van der Waals surface area contributed by atoms with E-state index < -0.39 is 45.3 Å². The van der Waals surface area contributed by atoms with E-state index in [-0.39, 0.29) is 37.0 Å². The Morgan fingerprint density at radius 3 is 2.17 bits per heavy atom. The molecule has 1 unspecified atom stereocenters. The zero-order chi connectivity index (χ0) is 26.5. The summed E-state index contributed by atoms with van der Waals surface area (Å²) in [5, 5.41) is 5.19. The lowest BCUT2D eigenvalue weighted by molar-refractivity contribution is -0.117. The molecule has 0 aromatic heterocycles. The van der Waals surface area contributed by atoms with Crippen molar-refractivity contribution in [1.29, 1.82) is 0 Å². The average Bonchev–Trinajstić information content (AvgIpc) is 3.40. The van der Waals surface area contributed by atoms with Crippen LogP contribution in [0.15, 0.2) is 42.5 Å². The highest BCUT2D eigenvalue weighted by molar-refractivity contribution is 6.54. The van der Waals surface area contributed by atoms with Crippen LogP contribution in [0.1, 0.15) is 21.8 Å². The molecule has 3 aromatic carbocycles. The van der Waals surface area contributed by atoms with E-state index in [0.717, 1.165) is 12.1 Å². The largest absolute Gasteiger partial charge is 0.396 e. The summed E-state index contributed by atoms with van der Waals surface area (Å²) in [4.78, 5) is 25.7. The number of nitrogen functional groups attached to an aromatic ring is 1. The SMILES string of the molecule is Nc1ccc(F)c(NC(=O)c2cc(NC(=O)C3[C@H](c4cc(Cl)c(Cl)c(Cl)c4)C3(Cl)Cl)ccc2Cl)c1F. The smallest absolute Gasteiger partial charge is 0.257 e. The molecule has 36 heavy (non-hydrogen) atoms. The lowest BCUT2D eigenvalue weighted by atomic mass is 10.1. The van der Waals surface area contributed by atoms with E-state index in [9.17, 15) is 18.4 Å². The number of alkyl halides is 2. The number of anilines is 3.